The summed E-state index contributed by atoms with van der Waals surface area (Å²) in [6.45, 7) is 4.60. The van der Waals surface area contributed by atoms with Crippen molar-refractivity contribution in [3.05, 3.63) is 24.3 Å². The molecule has 0 saturated carbocycles. The van der Waals surface area contributed by atoms with Crippen LogP contribution >= 0.6 is 11.6 Å². The molecule has 1 fully saturated rings. The zero-order chi connectivity index (χ0) is 14.1. The highest BCUT2D eigenvalue weighted by molar-refractivity contribution is 6.17. The van der Waals surface area contributed by atoms with E-state index in [-0.39, 0.29) is 0 Å². The molecule has 3 rings (SSSR count). The van der Waals surface area contributed by atoms with E-state index < -0.39 is 0 Å². The van der Waals surface area contributed by atoms with E-state index in [9.17, 15) is 0 Å². The summed E-state index contributed by atoms with van der Waals surface area (Å²) in [6, 6.07) is 3.10. The largest absolute Gasteiger partial charge is 0.306 e. The number of nitrogens with zero attached hydrogens (tertiary/aromatic N) is 4. The highest BCUT2D eigenvalue weighted by Crippen LogP contribution is 2.26. The van der Waals surface area contributed by atoms with E-state index in [4.69, 9.17) is 16.6 Å². The third-order valence-corrected chi connectivity index (χ3v) is 4.38. The van der Waals surface area contributed by atoms with Gasteiger partial charge in [0, 0.05) is 30.6 Å². The minimum Gasteiger partial charge on any atom is -0.306 e. The molecular formula is C15H21ClN4. The molecule has 4 nitrogen and oxygen atoms in total. The first kappa shape index (κ1) is 13.7. The van der Waals surface area contributed by atoms with E-state index in [1.807, 2.05) is 18.5 Å². The van der Waals surface area contributed by atoms with Crippen molar-refractivity contribution in [2.75, 3.05) is 10.9 Å². The molecule has 0 aromatic carbocycles. The van der Waals surface area contributed by atoms with Gasteiger partial charge in [-0.2, -0.15) is 0 Å². The van der Waals surface area contributed by atoms with E-state index in [0.717, 1.165) is 23.3 Å². The molecule has 2 aromatic heterocycles. The third kappa shape index (κ3) is 2.26. The molecular weight excluding hydrogens is 272 g/mol. The van der Waals surface area contributed by atoms with Crippen molar-refractivity contribution in [3.8, 4) is 0 Å². The van der Waals surface area contributed by atoms with Crippen LogP contribution in [0.2, 0.25) is 0 Å². The van der Waals surface area contributed by atoms with Gasteiger partial charge in [0.05, 0.1) is 11.7 Å². The van der Waals surface area contributed by atoms with Crippen LogP contribution in [0.15, 0.2) is 18.5 Å². The van der Waals surface area contributed by atoms with Gasteiger partial charge >= 0.3 is 0 Å². The molecule has 0 amide bonds. The second-order valence-electron chi connectivity index (χ2n) is 5.65. The molecule has 2 aromatic rings. The number of rotatable bonds is 3. The monoisotopic (exact) mass is 292 g/mol. The molecule has 0 bridgehead atoms. The molecule has 1 aliphatic rings. The van der Waals surface area contributed by atoms with Gasteiger partial charge in [-0.1, -0.05) is 0 Å². The van der Waals surface area contributed by atoms with Gasteiger partial charge in [0.2, 0.25) is 0 Å². The van der Waals surface area contributed by atoms with E-state index in [0.29, 0.717) is 18.0 Å². The number of halogens is 1. The quantitative estimate of drug-likeness (QED) is 0.815. The smallest absolute Gasteiger partial charge is 0.130 e. The molecule has 2 unspecified atom stereocenters. The zero-order valence-electron chi connectivity index (χ0n) is 12.1. The zero-order valence-corrected chi connectivity index (χ0v) is 12.8. The van der Waals surface area contributed by atoms with Crippen molar-refractivity contribution >= 4 is 22.6 Å². The fourth-order valence-electron chi connectivity index (χ4n) is 3.28. The van der Waals surface area contributed by atoms with Crippen LogP contribution in [0.3, 0.4) is 0 Å². The van der Waals surface area contributed by atoms with Gasteiger partial charge in [0.1, 0.15) is 11.3 Å². The van der Waals surface area contributed by atoms with Crippen molar-refractivity contribution < 1.29 is 0 Å². The number of hydrogen-bond acceptors (Lipinski definition) is 3. The number of piperidine rings is 1. The summed E-state index contributed by atoms with van der Waals surface area (Å²) in [5, 5.41) is 2.47. The van der Waals surface area contributed by atoms with Gasteiger partial charge in [-0.25, -0.2) is 9.66 Å². The highest BCUT2D eigenvalue weighted by Gasteiger charge is 2.28. The Labute approximate surface area is 124 Å². The van der Waals surface area contributed by atoms with Crippen LogP contribution in [0, 0.1) is 0 Å². The number of aryl methyl sites for hydroxylation is 1. The van der Waals surface area contributed by atoms with E-state index in [1.54, 1.807) is 0 Å². The van der Waals surface area contributed by atoms with Crippen LogP contribution in [-0.2, 0) is 6.42 Å². The van der Waals surface area contributed by atoms with Crippen molar-refractivity contribution in [3.63, 3.8) is 0 Å². The summed E-state index contributed by atoms with van der Waals surface area (Å²) < 4.78 is 2.29. The van der Waals surface area contributed by atoms with Crippen molar-refractivity contribution in [1.29, 1.82) is 0 Å². The lowest BCUT2D eigenvalue weighted by atomic mass is 10.00. The molecule has 0 N–H and O–H groups in total. The van der Waals surface area contributed by atoms with Gasteiger partial charge in [0.15, 0.2) is 0 Å². The van der Waals surface area contributed by atoms with Crippen LogP contribution in [0.4, 0.5) is 0 Å². The minimum atomic E-state index is 0.526. The van der Waals surface area contributed by atoms with Crippen molar-refractivity contribution in [1.82, 2.24) is 14.6 Å². The Morgan fingerprint density at radius 2 is 2.05 bits per heavy atom. The Morgan fingerprint density at radius 3 is 2.75 bits per heavy atom. The van der Waals surface area contributed by atoms with E-state index >= 15 is 0 Å². The lowest BCUT2D eigenvalue weighted by Gasteiger charge is -2.42. The molecule has 108 valence electrons. The number of alkyl halides is 1. The fraction of sp³-hybridized carbons (Fsp3) is 0.600. The summed E-state index contributed by atoms with van der Waals surface area (Å²) in [7, 11) is 0. The van der Waals surface area contributed by atoms with Crippen molar-refractivity contribution in [2.45, 2.75) is 51.6 Å². The Morgan fingerprint density at radius 1 is 1.30 bits per heavy atom. The lowest BCUT2D eigenvalue weighted by Crippen LogP contribution is -2.51. The van der Waals surface area contributed by atoms with Gasteiger partial charge in [0.25, 0.3) is 0 Å². The van der Waals surface area contributed by atoms with E-state index in [1.165, 1.54) is 19.3 Å². The number of fused-ring (bicyclic) bond motifs is 1. The van der Waals surface area contributed by atoms with Crippen molar-refractivity contribution in [2.24, 2.45) is 0 Å². The van der Waals surface area contributed by atoms with Crippen LogP contribution in [0.5, 0.6) is 0 Å². The first-order valence-corrected chi connectivity index (χ1v) is 7.91. The Balaban J connectivity index is 2.14. The summed E-state index contributed by atoms with van der Waals surface area (Å²) in [6.07, 6.45) is 8.22. The molecule has 5 heteroatoms. The maximum absolute atomic E-state index is 5.96. The Kier molecular flexibility index (Phi) is 3.83. The average Bonchev–Trinajstić information content (AvgIpc) is 2.78. The lowest BCUT2D eigenvalue weighted by molar-refractivity contribution is 0.336. The molecule has 20 heavy (non-hydrogen) atoms. The van der Waals surface area contributed by atoms with Gasteiger partial charge in [-0.05, 0) is 39.2 Å². The predicted molar refractivity (Wildman–Crippen MR) is 82.9 cm³/mol. The number of imidazole rings is 1. The Bertz CT molecular complexity index is 585. The SMILES string of the molecule is CC1CCCC(C)N1n1c(CCCl)nc2cnccc21. The number of aromatic nitrogens is 3. The molecule has 0 spiro atoms. The highest BCUT2D eigenvalue weighted by atomic mass is 35.5. The maximum Gasteiger partial charge on any atom is 0.130 e. The molecule has 0 radical (unpaired) electrons. The summed E-state index contributed by atoms with van der Waals surface area (Å²) in [5.41, 5.74) is 2.10. The van der Waals surface area contributed by atoms with E-state index in [2.05, 4.69) is 28.5 Å². The van der Waals surface area contributed by atoms with Gasteiger partial charge in [-0.3, -0.25) is 4.98 Å². The predicted octanol–water partition coefficient (Wildman–Crippen LogP) is 3.11. The minimum absolute atomic E-state index is 0.526. The van der Waals surface area contributed by atoms with Gasteiger partial charge in [-0.15, -0.1) is 11.6 Å². The summed E-state index contributed by atoms with van der Waals surface area (Å²) in [4.78, 5) is 8.90. The second kappa shape index (κ2) is 5.60. The standard InChI is InChI=1S/C15H21ClN4/c1-11-4-3-5-12(2)19(11)20-14-7-9-17-10-13(14)18-15(20)6-8-16/h7,9-12H,3-6,8H2,1-2H3. The molecule has 0 aliphatic carbocycles. The second-order valence-corrected chi connectivity index (χ2v) is 6.03. The van der Waals surface area contributed by atoms with Gasteiger partial charge < -0.3 is 5.01 Å². The normalized spacial score (nSPS) is 23.4. The first-order chi connectivity index (χ1) is 9.72. The molecule has 2 atom stereocenters. The van der Waals surface area contributed by atoms with Crippen LogP contribution in [0.25, 0.3) is 11.0 Å². The summed E-state index contributed by atoms with van der Waals surface area (Å²) in [5.74, 6) is 1.64. The number of hydrogen-bond donors (Lipinski definition) is 0. The Hall–Kier alpha value is -1.29. The first-order valence-electron chi connectivity index (χ1n) is 7.38. The van der Waals surface area contributed by atoms with Crippen LogP contribution in [0.1, 0.15) is 38.9 Å². The maximum atomic E-state index is 5.96. The molecule has 1 saturated heterocycles. The fourth-order valence-corrected chi connectivity index (χ4v) is 3.44. The topological polar surface area (TPSA) is 34.0 Å². The molecule has 3 heterocycles. The number of pyridine rings is 1. The van der Waals surface area contributed by atoms with Crippen LogP contribution in [-0.4, -0.2) is 32.6 Å². The third-order valence-electron chi connectivity index (χ3n) is 4.20. The summed E-state index contributed by atoms with van der Waals surface area (Å²) >= 11 is 5.96. The van der Waals surface area contributed by atoms with Crippen LogP contribution < -0.4 is 5.01 Å². The average molecular weight is 293 g/mol. The molecule has 1 aliphatic heterocycles.